The lowest BCUT2D eigenvalue weighted by atomic mass is 10.1. The summed E-state index contributed by atoms with van der Waals surface area (Å²) in [7, 11) is 1.31. The summed E-state index contributed by atoms with van der Waals surface area (Å²) in [4.78, 5) is 38.4. The van der Waals surface area contributed by atoms with E-state index in [2.05, 4.69) is 17.4 Å². The lowest BCUT2D eigenvalue weighted by Gasteiger charge is -2.18. The van der Waals surface area contributed by atoms with Gasteiger partial charge < -0.3 is 19.4 Å². The Balaban J connectivity index is 1.38. The SMILES string of the molecule is COC(=O)c1cc(CNC(=O)C2CC(=O)N(c3ccc4c(c3)CCC4)C2)oc1C. The fourth-order valence-electron chi connectivity index (χ4n) is 4.12. The molecule has 4 rings (SSSR count). The smallest absolute Gasteiger partial charge is 0.341 e. The molecular weight excluding hydrogens is 372 g/mol. The lowest BCUT2D eigenvalue weighted by molar-refractivity contribution is -0.126. The molecule has 1 aromatic heterocycles. The molecule has 2 aromatic rings. The predicted octanol–water partition coefficient (Wildman–Crippen LogP) is 2.53. The zero-order valence-corrected chi connectivity index (χ0v) is 16.6. The average molecular weight is 396 g/mol. The van der Waals surface area contributed by atoms with Gasteiger partial charge in [0.15, 0.2) is 0 Å². The molecule has 0 bridgehead atoms. The summed E-state index contributed by atoms with van der Waals surface area (Å²) in [6.45, 7) is 2.19. The van der Waals surface area contributed by atoms with Crippen LogP contribution in [-0.4, -0.2) is 31.4 Å². The van der Waals surface area contributed by atoms with E-state index in [4.69, 9.17) is 9.15 Å². The predicted molar refractivity (Wildman–Crippen MR) is 106 cm³/mol. The summed E-state index contributed by atoms with van der Waals surface area (Å²) < 4.78 is 10.2. The van der Waals surface area contributed by atoms with Crippen LogP contribution in [0.2, 0.25) is 0 Å². The van der Waals surface area contributed by atoms with Crippen molar-refractivity contribution in [3.8, 4) is 0 Å². The van der Waals surface area contributed by atoms with Crippen molar-refractivity contribution in [1.29, 1.82) is 0 Å². The van der Waals surface area contributed by atoms with Gasteiger partial charge in [-0.15, -0.1) is 0 Å². The first-order valence-corrected chi connectivity index (χ1v) is 9.83. The van der Waals surface area contributed by atoms with Gasteiger partial charge in [0, 0.05) is 18.7 Å². The van der Waals surface area contributed by atoms with Crippen LogP contribution in [0.5, 0.6) is 0 Å². The van der Waals surface area contributed by atoms with Gasteiger partial charge in [0.1, 0.15) is 17.1 Å². The van der Waals surface area contributed by atoms with Crippen LogP contribution in [0.15, 0.2) is 28.7 Å². The molecule has 1 unspecified atom stereocenters. The Hall–Kier alpha value is -3.09. The number of hydrogen-bond donors (Lipinski definition) is 1. The average Bonchev–Trinajstić information content (AvgIpc) is 3.43. The molecule has 2 amide bonds. The van der Waals surface area contributed by atoms with Crippen molar-refractivity contribution in [3.63, 3.8) is 0 Å². The quantitative estimate of drug-likeness (QED) is 0.785. The molecular formula is C22H24N2O5. The van der Waals surface area contributed by atoms with Crippen LogP contribution < -0.4 is 10.2 Å². The second kappa shape index (κ2) is 7.73. The number of nitrogens with one attached hydrogen (secondary N) is 1. The summed E-state index contributed by atoms with van der Waals surface area (Å²) in [6, 6.07) is 7.72. The summed E-state index contributed by atoms with van der Waals surface area (Å²) in [6.07, 6.45) is 3.49. The van der Waals surface area contributed by atoms with Crippen molar-refractivity contribution < 1.29 is 23.5 Å². The van der Waals surface area contributed by atoms with E-state index < -0.39 is 11.9 Å². The molecule has 1 aromatic carbocycles. The third-order valence-corrected chi connectivity index (χ3v) is 5.70. The normalized spacial score (nSPS) is 18.1. The maximum absolute atomic E-state index is 12.6. The molecule has 1 atom stereocenters. The van der Waals surface area contributed by atoms with Crippen LogP contribution in [0.4, 0.5) is 5.69 Å². The van der Waals surface area contributed by atoms with Gasteiger partial charge in [-0.05, 0) is 55.5 Å². The molecule has 1 N–H and O–H groups in total. The molecule has 2 aliphatic rings. The molecule has 2 heterocycles. The first-order chi connectivity index (χ1) is 14.0. The Kier molecular flexibility index (Phi) is 5.13. The Bertz CT molecular complexity index is 978. The number of ether oxygens (including phenoxy) is 1. The number of hydrogen-bond acceptors (Lipinski definition) is 5. The van der Waals surface area contributed by atoms with Gasteiger partial charge in [-0.3, -0.25) is 9.59 Å². The third kappa shape index (κ3) is 3.77. The van der Waals surface area contributed by atoms with Gasteiger partial charge >= 0.3 is 5.97 Å². The van der Waals surface area contributed by atoms with Gasteiger partial charge in [0.2, 0.25) is 11.8 Å². The Morgan fingerprint density at radius 1 is 1.24 bits per heavy atom. The molecule has 152 valence electrons. The number of esters is 1. The Labute approximate surface area is 169 Å². The summed E-state index contributed by atoms with van der Waals surface area (Å²) in [5.74, 6) is -0.210. The van der Waals surface area contributed by atoms with Gasteiger partial charge in [0.25, 0.3) is 0 Å². The van der Waals surface area contributed by atoms with Crippen LogP contribution in [0.25, 0.3) is 0 Å². The number of aryl methyl sites for hydroxylation is 3. The van der Waals surface area contributed by atoms with Crippen LogP contribution in [-0.2, 0) is 33.7 Å². The maximum Gasteiger partial charge on any atom is 0.341 e. The summed E-state index contributed by atoms with van der Waals surface area (Å²) in [5.41, 5.74) is 3.87. The number of carbonyl (C=O) groups is 3. The minimum absolute atomic E-state index is 0.0371. The van der Waals surface area contributed by atoms with E-state index >= 15 is 0 Å². The molecule has 29 heavy (non-hydrogen) atoms. The first kappa shape index (κ1) is 19.2. The number of amides is 2. The number of carbonyl (C=O) groups excluding carboxylic acids is 3. The highest BCUT2D eigenvalue weighted by atomic mass is 16.5. The molecule has 0 saturated carbocycles. The van der Waals surface area contributed by atoms with E-state index in [1.54, 1.807) is 17.9 Å². The van der Waals surface area contributed by atoms with Crippen molar-refractivity contribution in [2.24, 2.45) is 5.92 Å². The Morgan fingerprint density at radius 2 is 2.03 bits per heavy atom. The van der Waals surface area contributed by atoms with E-state index in [0.29, 0.717) is 23.6 Å². The van der Waals surface area contributed by atoms with Crippen molar-refractivity contribution in [2.45, 2.75) is 39.2 Å². The first-order valence-electron chi connectivity index (χ1n) is 9.83. The minimum atomic E-state index is -0.477. The zero-order valence-electron chi connectivity index (χ0n) is 16.6. The van der Waals surface area contributed by atoms with Gasteiger partial charge in [-0.2, -0.15) is 0 Å². The van der Waals surface area contributed by atoms with E-state index in [-0.39, 0.29) is 24.8 Å². The highest BCUT2D eigenvalue weighted by Gasteiger charge is 2.35. The van der Waals surface area contributed by atoms with E-state index in [1.165, 1.54) is 18.2 Å². The van der Waals surface area contributed by atoms with Crippen LogP contribution in [0, 0.1) is 12.8 Å². The number of rotatable bonds is 5. The second-order valence-corrected chi connectivity index (χ2v) is 7.60. The van der Waals surface area contributed by atoms with Crippen LogP contribution in [0.1, 0.15) is 45.8 Å². The molecule has 7 nitrogen and oxygen atoms in total. The molecule has 7 heteroatoms. The fraction of sp³-hybridized carbons (Fsp3) is 0.409. The summed E-state index contributed by atoms with van der Waals surface area (Å²) >= 11 is 0. The molecule has 0 radical (unpaired) electrons. The second-order valence-electron chi connectivity index (χ2n) is 7.60. The monoisotopic (exact) mass is 396 g/mol. The number of methoxy groups -OCH3 is 1. The molecule has 0 spiro atoms. The highest BCUT2D eigenvalue weighted by molar-refractivity contribution is 6.00. The van der Waals surface area contributed by atoms with E-state index in [1.807, 2.05) is 6.07 Å². The van der Waals surface area contributed by atoms with E-state index in [9.17, 15) is 14.4 Å². The largest absolute Gasteiger partial charge is 0.465 e. The fourth-order valence-corrected chi connectivity index (χ4v) is 4.12. The maximum atomic E-state index is 12.6. The van der Waals surface area contributed by atoms with Gasteiger partial charge in [-0.25, -0.2) is 4.79 Å². The van der Waals surface area contributed by atoms with Crippen molar-refractivity contribution in [3.05, 3.63) is 52.5 Å². The standard InChI is InChI=1S/C22H24N2O5/c1-13-19(22(27)28-2)10-18(29-13)11-23-21(26)16-9-20(25)24(12-16)17-7-6-14-4-3-5-15(14)8-17/h6-8,10,16H,3-5,9,11-12H2,1-2H3,(H,23,26). The topological polar surface area (TPSA) is 88.8 Å². The number of furan rings is 1. The number of nitrogens with zero attached hydrogens (tertiary/aromatic N) is 1. The lowest BCUT2D eigenvalue weighted by Crippen LogP contribution is -2.32. The van der Waals surface area contributed by atoms with Crippen LogP contribution in [0.3, 0.4) is 0 Å². The zero-order chi connectivity index (χ0) is 20.5. The minimum Gasteiger partial charge on any atom is -0.465 e. The van der Waals surface area contributed by atoms with Crippen molar-refractivity contribution in [2.75, 3.05) is 18.6 Å². The number of fused-ring (bicyclic) bond motifs is 1. The summed E-state index contributed by atoms with van der Waals surface area (Å²) in [5, 5.41) is 2.81. The third-order valence-electron chi connectivity index (χ3n) is 5.70. The molecule has 1 aliphatic heterocycles. The van der Waals surface area contributed by atoms with Gasteiger partial charge in [0.05, 0.1) is 19.6 Å². The van der Waals surface area contributed by atoms with E-state index in [0.717, 1.165) is 24.9 Å². The molecule has 1 aliphatic carbocycles. The van der Waals surface area contributed by atoms with Crippen LogP contribution >= 0.6 is 0 Å². The van der Waals surface area contributed by atoms with Crippen molar-refractivity contribution >= 4 is 23.5 Å². The molecule has 1 fully saturated rings. The highest BCUT2D eigenvalue weighted by Crippen LogP contribution is 2.30. The number of benzene rings is 1. The Morgan fingerprint density at radius 3 is 2.83 bits per heavy atom. The van der Waals surface area contributed by atoms with Gasteiger partial charge in [-0.1, -0.05) is 6.07 Å². The van der Waals surface area contributed by atoms with Crippen molar-refractivity contribution in [1.82, 2.24) is 5.32 Å². The number of anilines is 1. The molecule has 1 saturated heterocycles.